The van der Waals surface area contributed by atoms with E-state index in [0.29, 0.717) is 6.10 Å². The molecule has 26 heavy (non-hydrogen) atoms. The van der Waals surface area contributed by atoms with Crippen molar-refractivity contribution in [2.24, 2.45) is 0 Å². The second-order valence-electron chi connectivity index (χ2n) is 7.71. The molecule has 0 bridgehead atoms. The van der Waals surface area contributed by atoms with Crippen LogP contribution in [0.1, 0.15) is 110 Å². The fourth-order valence-corrected chi connectivity index (χ4v) is 3.90. The second-order valence-corrected chi connectivity index (χ2v) is 8.50. The molecule has 0 spiro atoms. The minimum absolute atomic E-state index is 0.0489. The minimum Gasteiger partial charge on any atom is -0.353 e. The standard InChI is InChI=1S/C23H43BrO2/c1-2-3-4-12-17-22(26-23-19-14-16-21-25-23)18-13-10-8-6-5-7-9-11-15-20-24/h10,13,22-23H,2-9,11-12,14-21H2,1H3/t22-,23?/m1/s1. The van der Waals surface area contributed by atoms with Gasteiger partial charge in [-0.1, -0.05) is 86.4 Å². The summed E-state index contributed by atoms with van der Waals surface area (Å²) < 4.78 is 12.1. The van der Waals surface area contributed by atoms with Gasteiger partial charge < -0.3 is 9.47 Å². The highest BCUT2D eigenvalue weighted by Crippen LogP contribution is 2.20. The fourth-order valence-electron chi connectivity index (χ4n) is 3.50. The quantitative estimate of drug-likeness (QED) is 0.132. The smallest absolute Gasteiger partial charge is 0.157 e. The average Bonchev–Trinajstić information content (AvgIpc) is 2.67. The van der Waals surface area contributed by atoms with E-state index in [2.05, 4.69) is 35.0 Å². The minimum atomic E-state index is 0.0489. The topological polar surface area (TPSA) is 18.5 Å². The third kappa shape index (κ3) is 14.2. The Balaban J connectivity index is 2.14. The first-order valence-corrected chi connectivity index (χ1v) is 12.5. The van der Waals surface area contributed by atoms with Crippen molar-refractivity contribution >= 4 is 15.9 Å². The van der Waals surface area contributed by atoms with Crippen molar-refractivity contribution in [1.29, 1.82) is 0 Å². The zero-order valence-electron chi connectivity index (χ0n) is 17.2. The Kier molecular flexibility index (Phi) is 17.2. The van der Waals surface area contributed by atoms with Crippen molar-refractivity contribution in [1.82, 2.24) is 0 Å². The molecule has 154 valence electrons. The lowest BCUT2D eigenvalue weighted by molar-refractivity contribution is -0.188. The second kappa shape index (κ2) is 18.5. The van der Waals surface area contributed by atoms with E-state index in [-0.39, 0.29) is 6.29 Å². The lowest BCUT2D eigenvalue weighted by Crippen LogP contribution is -2.27. The van der Waals surface area contributed by atoms with Crippen molar-refractivity contribution in [2.45, 2.75) is 122 Å². The Morgan fingerprint density at radius 3 is 2.46 bits per heavy atom. The van der Waals surface area contributed by atoms with Crippen molar-refractivity contribution in [2.75, 3.05) is 11.9 Å². The first-order valence-electron chi connectivity index (χ1n) is 11.3. The Morgan fingerprint density at radius 2 is 1.73 bits per heavy atom. The van der Waals surface area contributed by atoms with Crippen molar-refractivity contribution in [3.8, 4) is 0 Å². The maximum Gasteiger partial charge on any atom is 0.157 e. The number of ether oxygens (including phenoxy) is 2. The molecule has 1 aliphatic rings. The lowest BCUT2D eigenvalue weighted by atomic mass is 10.1. The van der Waals surface area contributed by atoms with Gasteiger partial charge in [0, 0.05) is 11.9 Å². The number of alkyl halides is 1. The molecular formula is C23H43BrO2. The van der Waals surface area contributed by atoms with Crippen LogP contribution < -0.4 is 0 Å². The lowest BCUT2D eigenvalue weighted by Gasteiger charge is -2.27. The largest absolute Gasteiger partial charge is 0.353 e. The maximum atomic E-state index is 6.28. The molecule has 0 amide bonds. The Morgan fingerprint density at radius 1 is 0.962 bits per heavy atom. The summed E-state index contributed by atoms with van der Waals surface area (Å²) in [4.78, 5) is 0. The van der Waals surface area contributed by atoms with Crippen LogP contribution in [0.3, 0.4) is 0 Å². The van der Waals surface area contributed by atoms with E-state index in [9.17, 15) is 0 Å². The molecule has 2 atom stereocenters. The summed E-state index contributed by atoms with van der Waals surface area (Å²) in [6.07, 6.45) is 25.6. The number of hydrogen-bond donors (Lipinski definition) is 0. The molecule has 1 heterocycles. The number of allylic oxidation sites excluding steroid dienone is 1. The first-order chi connectivity index (χ1) is 12.9. The number of hydrogen-bond acceptors (Lipinski definition) is 2. The molecule has 0 aromatic carbocycles. The van der Waals surface area contributed by atoms with Gasteiger partial charge in [-0.15, -0.1) is 0 Å². The Hall–Kier alpha value is 0.140. The van der Waals surface area contributed by atoms with E-state index in [1.165, 1.54) is 89.9 Å². The summed E-state index contributed by atoms with van der Waals surface area (Å²) >= 11 is 3.50. The molecule has 3 heteroatoms. The van der Waals surface area contributed by atoms with Gasteiger partial charge >= 0.3 is 0 Å². The van der Waals surface area contributed by atoms with Gasteiger partial charge in [0.25, 0.3) is 0 Å². The third-order valence-corrected chi connectivity index (χ3v) is 5.74. The van der Waals surface area contributed by atoms with Crippen LogP contribution in [0.5, 0.6) is 0 Å². The number of halogens is 1. The number of rotatable bonds is 17. The molecule has 2 nitrogen and oxygen atoms in total. The highest BCUT2D eigenvalue weighted by molar-refractivity contribution is 9.09. The number of unbranched alkanes of at least 4 members (excludes halogenated alkanes) is 9. The van der Waals surface area contributed by atoms with Gasteiger partial charge in [0.15, 0.2) is 6.29 Å². The van der Waals surface area contributed by atoms with Gasteiger partial charge in [0.1, 0.15) is 0 Å². The van der Waals surface area contributed by atoms with E-state index >= 15 is 0 Å². The summed E-state index contributed by atoms with van der Waals surface area (Å²) in [5, 5.41) is 1.16. The van der Waals surface area contributed by atoms with Crippen LogP contribution in [0.2, 0.25) is 0 Å². The predicted octanol–water partition coefficient (Wildman–Crippen LogP) is 7.94. The van der Waals surface area contributed by atoms with E-state index in [1.54, 1.807) is 0 Å². The Labute approximate surface area is 171 Å². The zero-order valence-corrected chi connectivity index (χ0v) is 18.8. The van der Waals surface area contributed by atoms with Crippen LogP contribution >= 0.6 is 15.9 Å². The van der Waals surface area contributed by atoms with E-state index in [0.717, 1.165) is 24.8 Å². The molecule has 0 radical (unpaired) electrons. The van der Waals surface area contributed by atoms with Crippen LogP contribution in [-0.2, 0) is 9.47 Å². The molecular weight excluding hydrogens is 388 g/mol. The van der Waals surface area contributed by atoms with Crippen LogP contribution in [-0.4, -0.2) is 24.3 Å². The van der Waals surface area contributed by atoms with Gasteiger partial charge in [-0.3, -0.25) is 0 Å². The van der Waals surface area contributed by atoms with E-state index in [4.69, 9.17) is 9.47 Å². The van der Waals surface area contributed by atoms with Crippen molar-refractivity contribution < 1.29 is 9.47 Å². The van der Waals surface area contributed by atoms with Gasteiger partial charge in [-0.05, 0) is 51.4 Å². The average molecular weight is 431 g/mol. The summed E-state index contributed by atoms with van der Waals surface area (Å²) in [6.45, 7) is 3.15. The summed E-state index contributed by atoms with van der Waals surface area (Å²) in [6, 6.07) is 0. The summed E-state index contributed by atoms with van der Waals surface area (Å²) in [5.41, 5.74) is 0. The fraction of sp³-hybridized carbons (Fsp3) is 0.913. The van der Waals surface area contributed by atoms with Crippen molar-refractivity contribution in [3.05, 3.63) is 12.2 Å². The molecule has 1 rings (SSSR count). The van der Waals surface area contributed by atoms with Gasteiger partial charge in [0.2, 0.25) is 0 Å². The third-order valence-electron chi connectivity index (χ3n) is 5.18. The Bertz CT molecular complexity index is 313. The molecule has 0 aromatic heterocycles. The van der Waals surface area contributed by atoms with Crippen LogP contribution in [0.15, 0.2) is 12.2 Å². The van der Waals surface area contributed by atoms with E-state index < -0.39 is 0 Å². The summed E-state index contributed by atoms with van der Waals surface area (Å²) in [7, 11) is 0. The van der Waals surface area contributed by atoms with Crippen LogP contribution in [0, 0.1) is 0 Å². The molecule has 1 aliphatic heterocycles. The predicted molar refractivity (Wildman–Crippen MR) is 117 cm³/mol. The zero-order chi connectivity index (χ0) is 18.7. The molecule has 0 saturated carbocycles. The van der Waals surface area contributed by atoms with Crippen molar-refractivity contribution in [3.63, 3.8) is 0 Å². The first kappa shape index (κ1) is 24.2. The normalized spacial score (nSPS) is 19.2. The molecule has 1 unspecified atom stereocenters. The highest BCUT2D eigenvalue weighted by atomic mass is 79.9. The van der Waals surface area contributed by atoms with Crippen LogP contribution in [0.4, 0.5) is 0 Å². The highest BCUT2D eigenvalue weighted by Gasteiger charge is 2.18. The monoisotopic (exact) mass is 430 g/mol. The van der Waals surface area contributed by atoms with Gasteiger partial charge in [0.05, 0.1) is 6.10 Å². The molecule has 1 fully saturated rings. The molecule has 0 aromatic rings. The van der Waals surface area contributed by atoms with Gasteiger partial charge in [-0.2, -0.15) is 0 Å². The SMILES string of the molecule is CCCCCC[C@H](CC=CCCCCCCCCBr)OC1CCCCO1. The summed E-state index contributed by atoms with van der Waals surface area (Å²) in [5.74, 6) is 0. The van der Waals surface area contributed by atoms with E-state index in [1.807, 2.05) is 0 Å². The maximum absolute atomic E-state index is 6.28. The molecule has 0 aliphatic carbocycles. The molecule has 0 N–H and O–H groups in total. The van der Waals surface area contributed by atoms with Crippen LogP contribution in [0.25, 0.3) is 0 Å². The van der Waals surface area contributed by atoms with Gasteiger partial charge in [-0.25, -0.2) is 0 Å². The molecule has 1 saturated heterocycles.